The van der Waals surface area contributed by atoms with Gasteiger partial charge in [-0.3, -0.25) is 0 Å². The Bertz CT molecular complexity index is 726. The molecule has 0 aliphatic heterocycles. The number of sulfone groups is 1. The molecule has 0 spiro atoms. The molecule has 2 rings (SSSR count). The van der Waals surface area contributed by atoms with E-state index in [1.54, 1.807) is 31.2 Å². The van der Waals surface area contributed by atoms with Crippen LogP contribution in [-0.2, 0) is 15.6 Å². The maximum absolute atomic E-state index is 12.5. The van der Waals surface area contributed by atoms with Crippen molar-refractivity contribution in [2.75, 3.05) is 11.9 Å². The van der Waals surface area contributed by atoms with Crippen molar-refractivity contribution in [3.05, 3.63) is 29.8 Å². The maximum Gasteiger partial charge on any atom is 0.319 e. The molecule has 1 aliphatic carbocycles. The molecule has 2 amide bonds. The number of benzene rings is 1. The fourth-order valence-corrected chi connectivity index (χ4v) is 4.83. The SMILES string of the molecule is CC#CCNC(=O)Nc1cccc(CS(=O)(=O)C2CCCCC2)c1. The van der Waals surface area contributed by atoms with Gasteiger partial charge in [0.05, 0.1) is 17.5 Å². The van der Waals surface area contributed by atoms with Crippen molar-refractivity contribution in [1.29, 1.82) is 0 Å². The number of anilines is 1. The normalized spacial score (nSPS) is 15.2. The van der Waals surface area contributed by atoms with E-state index < -0.39 is 9.84 Å². The summed E-state index contributed by atoms with van der Waals surface area (Å²) in [6.45, 7) is 1.98. The molecule has 1 saturated carbocycles. The molecule has 0 heterocycles. The zero-order valence-electron chi connectivity index (χ0n) is 14.0. The van der Waals surface area contributed by atoms with E-state index in [1.807, 2.05) is 0 Å². The second kappa shape index (κ2) is 8.74. The van der Waals surface area contributed by atoms with Crippen molar-refractivity contribution in [2.24, 2.45) is 0 Å². The first-order valence-corrected chi connectivity index (χ1v) is 9.98. The van der Waals surface area contributed by atoms with Gasteiger partial charge >= 0.3 is 6.03 Å². The van der Waals surface area contributed by atoms with Gasteiger partial charge in [-0.15, -0.1) is 5.92 Å². The summed E-state index contributed by atoms with van der Waals surface area (Å²) in [4.78, 5) is 11.7. The molecule has 0 bridgehead atoms. The lowest BCUT2D eigenvalue weighted by Crippen LogP contribution is -2.29. The summed E-state index contributed by atoms with van der Waals surface area (Å²) < 4.78 is 25.1. The lowest BCUT2D eigenvalue weighted by molar-refractivity contribution is 0.253. The number of amides is 2. The first kappa shape index (κ1) is 18.3. The number of carbonyl (C=O) groups is 1. The highest BCUT2D eigenvalue weighted by atomic mass is 32.2. The molecule has 1 aromatic carbocycles. The minimum atomic E-state index is -3.15. The van der Waals surface area contributed by atoms with Gasteiger partial charge in [0, 0.05) is 5.69 Å². The monoisotopic (exact) mass is 348 g/mol. The Labute approximate surface area is 144 Å². The summed E-state index contributed by atoms with van der Waals surface area (Å²) in [5.74, 6) is 5.46. The minimum absolute atomic E-state index is 0.0239. The molecule has 1 fully saturated rings. The highest BCUT2D eigenvalue weighted by molar-refractivity contribution is 7.91. The molecule has 0 atom stereocenters. The number of rotatable bonds is 5. The van der Waals surface area contributed by atoms with Crippen LogP contribution in [-0.4, -0.2) is 26.2 Å². The van der Waals surface area contributed by atoms with Gasteiger partial charge < -0.3 is 10.6 Å². The molecule has 1 aromatic rings. The summed E-state index contributed by atoms with van der Waals surface area (Å²) in [6, 6.07) is 6.64. The van der Waals surface area contributed by atoms with E-state index in [4.69, 9.17) is 0 Å². The van der Waals surface area contributed by atoms with Crippen molar-refractivity contribution < 1.29 is 13.2 Å². The number of hydrogen-bond donors (Lipinski definition) is 2. The zero-order valence-corrected chi connectivity index (χ0v) is 14.8. The number of urea groups is 1. The van der Waals surface area contributed by atoms with Gasteiger partial charge in [0.1, 0.15) is 0 Å². The van der Waals surface area contributed by atoms with Gasteiger partial charge in [0.15, 0.2) is 9.84 Å². The molecule has 2 N–H and O–H groups in total. The molecule has 0 aromatic heterocycles. The third-order valence-corrected chi connectivity index (χ3v) is 6.35. The van der Waals surface area contributed by atoms with Crippen LogP contribution in [0.5, 0.6) is 0 Å². The van der Waals surface area contributed by atoms with Crippen molar-refractivity contribution >= 4 is 21.6 Å². The fraction of sp³-hybridized carbons (Fsp3) is 0.500. The van der Waals surface area contributed by atoms with E-state index in [9.17, 15) is 13.2 Å². The Hall–Kier alpha value is -2.00. The van der Waals surface area contributed by atoms with Gasteiger partial charge in [-0.1, -0.05) is 37.3 Å². The van der Waals surface area contributed by atoms with E-state index in [2.05, 4.69) is 22.5 Å². The van der Waals surface area contributed by atoms with Crippen molar-refractivity contribution in [3.8, 4) is 11.8 Å². The number of nitrogens with one attached hydrogen (secondary N) is 2. The first-order chi connectivity index (χ1) is 11.5. The third-order valence-electron chi connectivity index (χ3n) is 4.13. The molecule has 0 radical (unpaired) electrons. The standard InChI is InChI=1S/C18H24N2O3S/c1-2-3-12-19-18(21)20-16-9-7-8-15(13-16)14-24(22,23)17-10-5-4-6-11-17/h7-9,13,17H,4-6,10-12,14H2,1H3,(H2,19,20,21). The van der Waals surface area contributed by atoms with Crippen LogP contribution >= 0.6 is 0 Å². The Morgan fingerprint density at radius 2 is 2.00 bits per heavy atom. The Morgan fingerprint density at radius 3 is 2.71 bits per heavy atom. The highest BCUT2D eigenvalue weighted by Crippen LogP contribution is 2.26. The molecule has 1 aliphatic rings. The minimum Gasteiger partial charge on any atom is -0.327 e. The average molecular weight is 348 g/mol. The Balaban J connectivity index is 1.98. The Morgan fingerprint density at radius 1 is 1.25 bits per heavy atom. The lowest BCUT2D eigenvalue weighted by Gasteiger charge is -2.21. The average Bonchev–Trinajstić information content (AvgIpc) is 2.56. The van der Waals surface area contributed by atoms with Gasteiger partial charge in [-0.05, 0) is 37.5 Å². The van der Waals surface area contributed by atoms with Gasteiger partial charge in [0.25, 0.3) is 0 Å². The van der Waals surface area contributed by atoms with Crippen LogP contribution in [0.25, 0.3) is 0 Å². The highest BCUT2D eigenvalue weighted by Gasteiger charge is 2.27. The van der Waals surface area contributed by atoms with Crippen molar-refractivity contribution in [1.82, 2.24) is 5.32 Å². The van der Waals surface area contributed by atoms with E-state index in [1.165, 1.54) is 0 Å². The van der Waals surface area contributed by atoms with Gasteiger partial charge in [-0.25, -0.2) is 13.2 Å². The van der Waals surface area contributed by atoms with Crippen LogP contribution < -0.4 is 10.6 Å². The van der Waals surface area contributed by atoms with Crippen LogP contribution in [0.15, 0.2) is 24.3 Å². The molecular formula is C18H24N2O3S. The summed E-state index contributed by atoms with van der Waals surface area (Å²) in [5, 5.41) is 5.08. The molecule has 6 heteroatoms. The van der Waals surface area contributed by atoms with Crippen LogP contribution in [0.2, 0.25) is 0 Å². The quantitative estimate of drug-likeness (QED) is 0.803. The van der Waals surface area contributed by atoms with Crippen molar-refractivity contribution in [3.63, 3.8) is 0 Å². The fourth-order valence-electron chi connectivity index (χ4n) is 2.90. The Kier molecular flexibility index (Phi) is 6.68. The van der Waals surface area contributed by atoms with E-state index >= 15 is 0 Å². The summed E-state index contributed by atoms with van der Waals surface area (Å²) in [6.07, 6.45) is 4.64. The second-order valence-electron chi connectivity index (χ2n) is 6.00. The van der Waals surface area contributed by atoms with Crippen LogP contribution in [0.4, 0.5) is 10.5 Å². The third kappa shape index (κ3) is 5.57. The largest absolute Gasteiger partial charge is 0.327 e. The topological polar surface area (TPSA) is 75.3 Å². The molecule has 24 heavy (non-hydrogen) atoms. The van der Waals surface area contributed by atoms with Crippen LogP contribution in [0, 0.1) is 11.8 Å². The van der Waals surface area contributed by atoms with Crippen LogP contribution in [0.3, 0.4) is 0 Å². The zero-order chi connectivity index (χ0) is 17.4. The molecule has 0 saturated heterocycles. The van der Waals surface area contributed by atoms with E-state index in [0.29, 0.717) is 11.3 Å². The van der Waals surface area contributed by atoms with E-state index in [0.717, 1.165) is 32.1 Å². The first-order valence-electron chi connectivity index (χ1n) is 8.26. The maximum atomic E-state index is 12.5. The number of carbonyl (C=O) groups excluding carboxylic acids is 1. The van der Waals surface area contributed by atoms with Gasteiger partial charge in [-0.2, -0.15) is 0 Å². The molecule has 0 unspecified atom stereocenters. The predicted octanol–water partition coefficient (Wildman–Crippen LogP) is 3.08. The molecular weight excluding hydrogens is 324 g/mol. The van der Waals surface area contributed by atoms with E-state index in [-0.39, 0.29) is 23.6 Å². The predicted molar refractivity (Wildman–Crippen MR) is 96.4 cm³/mol. The summed E-state index contributed by atoms with van der Waals surface area (Å²) >= 11 is 0. The lowest BCUT2D eigenvalue weighted by atomic mass is 10.0. The summed E-state index contributed by atoms with van der Waals surface area (Å²) in [5.41, 5.74) is 1.28. The molecule has 5 nitrogen and oxygen atoms in total. The van der Waals surface area contributed by atoms with Crippen LogP contribution in [0.1, 0.15) is 44.6 Å². The van der Waals surface area contributed by atoms with Gasteiger partial charge in [0.2, 0.25) is 0 Å². The second-order valence-corrected chi connectivity index (χ2v) is 8.28. The smallest absolute Gasteiger partial charge is 0.319 e. The summed E-state index contributed by atoms with van der Waals surface area (Å²) in [7, 11) is -3.15. The molecule has 130 valence electrons. The number of hydrogen-bond acceptors (Lipinski definition) is 3. The van der Waals surface area contributed by atoms with Crippen molar-refractivity contribution in [2.45, 2.75) is 50.0 Å².